The first kappa shape index (κ1) is 28.5. The van der Waals surface area contributed by atoms with Gasteiger partial charge in [-0.3, -0.25) is 9.78 Å². The largest absolute Gasteiger partial charge is 0.497 e. The molecule has 9 heteroatoms. The molecule has 0 aliphatic carbocycles. The summed E-state index contributed by atoms with van der Waals surface area (Å²) in [6.07, 6.45) is 2.34. The van der Waals surface area contributed by atoms with Crippen molar-refractivity contribution in [1.29, 1.82) is 0 Å². The molecule has 6 nitrogen and oxygen atoms in total. The summed E-state index contributed by atoms with van der Waals surface area (Å²) in [6, 6.07) is 13.3. The van der Waals surface area contributed by atoms with Crippen molar-refractivity contribution in [3.8, 4) is 11.5 Å². The number of halogens is 2. The predicted octanol–water partition coefficient (Wildman–Crippen LogP) is 7.05. The molecule has 2 aromatic carbocycles. The van der Waals surface area contributed by atoms with Crippen LogP contribution in [0.1, 0.15) is 43.8 Å². The Labute approximate surface area is 232 Å². The second-order valence-electron chi connectivity index (χ2n) is 9.85. The number of likely N-dealkylation sites (tertiary alicyclic amines) is 1. The number of ether oxygens (including phenoxy) is 2. The Bertz CT molecular complexity index is 1250. The van der Waals surface area contributed by atoms with E-state index in [-0.39, 0.29) is 17.9 Å². The highest BCUT2D eigenvalue weighted by molar-refractivity contribution is 7.99. The molecule has 1 aliphatic heterocycles. The fourth-order valence-corrected chi connectivity index (χ4v) is 6.49. The van der Waals surface area contributed by atoms with Gasteiger partial charge in [-0.2, -0.15) is 0 Å². The van der Waals surface area contributed by atoms with E-state index >= 15 is 4.39 Å². The Balaban J connectivity index is 1.37. The maximum atomic E-state index is 15.8. The van der Waals surface area contributed by atoms with Crippen molar-refractivity contribution in [2.24, 2.45) is 5.41 Å². The minimum atomic E-state index is -1.33. The van der Waals surface area contributed by atoms with E-state index in [4.69, 9.17) is 21.1 Å². The lowest BCUT2D eigenvalue weighted by atomic mass is 9.71. The Hall–Kier alpha value is -2.55. The molecule has 0 radical (unpaired) electrons. The minimum absolute atomic E-state index is 0.0464. The number of carbonyl (C=O) groups is 1. The second kappa shape index (κ2) is 13.0. The summed E-state index contributed by atoms with van der Waals surface area (Å²) in [5, 5.41) is 10.6. The van der Waals surface area contributed by atoms with Gasteiger partial charge in [0.2, 0.25) is 0 Å². The molecule has 1 N–H and O–H groups in total. The normalized spacial score (nSPS) is 16.3. The lowest BCUT2D eigenvalue weighted by Gasteiger charge is -2.41. The number of benzene rings is 2. The summed E-state index contributed by atoms with van der Waals surface area (Å²) in [6.45, 7) is 2.52. The molecule has 1 aliphatic rings. The van der Waals surface area contributed by atoms with Crippen molar-refractivity contribution >= 4 is 40.2 Å². The summed E-state index contributed by atoms with van der Waals surface area (Å²) in [5.41, 5.74) is 0.612. The van der Waals surface area contributed by atoms with Crippen molar-refractivity contribution in [2.75, 3.05) is 39.6 Å². The van der Waals surface area contributed by atoms with Crippen LogP contribution < -0.4 is 9.47 Å². The quantitative estimate of drug-likeness (QED) is 0.238. The number of aromatic nitrogens is 1. The van der Waals surface area contributed by atoms with E-state index in [0.717, 1.165) is 48.9 Å². The third kappa shape index (κ3) is 7.10. The molecule has 38 heavy (non-hydrogen) atoms. The number of piperidine rings is 1. The van der Waals surface area contributed by atoms with Gasteiger partial charge < -0.3 is 19.5 Å². The molecule has 0 amide bonds. The molecular weight excluding hydrogens is 527 g/mol. The number of carboxylic acid groups (broad SMARTS) is 1. The number of hydrogen-bond acceptors (Lipinski definition) is 6. The predicted molar refractivity (Wildman–Crippen MR) is 150 cm³/mol. The van der Waals surface area contributed by atoms with Crippen LogP contribution >= 0.6 is 23.4 Å². The molecule has 0 unspecified atom stereocenters. The van der Waals surface area contributed by atoms with Crippen LogP contribution in [-0.4, -0.2) is 60.6 Å². The first-order valence-corrected chi connectivity index (χ1v) is 14.2. The molecule has 1 aromatic heterocycles. The van der Waals surface area contributed by atoms with Gasteiger partial charge in [-0.25, -0.2) is 4.39 Å². The van der Waals surface area contributed by atoms with Gasteiger partial charge in [-0.1, -0.05) is 17.7 Å². The van der Waals surface area contributed by atoms with Crippen LogP contribution in [-0.2, 0) is 4.79 Å². The molecule has 1 atom stereocenters. The van der Waals surface area contributed by atoms with Crippen molar-refractivity contribution in [1.82, 2.24) is 9.88 Å². The van der Waals surface area contributed by atoms with Gasteiger partial charge in [-0.05, 0) is 80.6 Å². The average Bonchev–Trinajstić information content (AvgIpc) is 2.92. The minimum Gasteiger partial charge on any atom is -0.497 e. The van der Waals surface area contributed by atoms with Crippen molar-refractivity contribution in [2.45, 2.75) is 43.2 Å². The summed E-state index contributed by atoms with van der Waals surface area (Å²) in [5.74, 6) is 1.55. The van der Waals surface area contributed by atoms with Gasteiger partial charge in [-0.15, -0.1) is 11.8 Å². The van der Waals surface area contributed by atoms with Crippen LogP contribution in [0.15, 0.2) is 53.6 Å². The molecule has 4 rings (SSSR count). The summed E-state index contributed by atoms with van der Waals surface area (Å²) in [4.78, 5) is 19.6. The number of aliphatic carboxylic acids is 1. The number of nitrogens with zero attached hydrogens (tertiary/aromatic N) is 2. The number of methoxy groups -OCH3 is 2. The smallest absolute Gasteiger partial charge is 0.303 e. The van der Waals surface area contributed by atoms with Crippen molar-refractivity contribution in [3.05, 3.63) is 59.2 Å². The second-order valence-corrected chi connectivity index (χ2v) is 11.4. The average molecular weight is 561 g/mol. The molecule has 0 saturated carbocycles. The van der Waals surface area contributed by atoms with E-state index < -0.39 is 17.6 Å². The number of carboxylic acids is 1. The van der Waals surface area contributed by atoms with Gasteiger partial charge in [0, 0.05) is 34.3 Å². The topological polar surface area (TPSA) is 71.9 Å². The van der Waals surface area contributed by atoms with E-state index in [1.165, 1.54) is 6.20 Å². The number of pyridine rings is 1. The number of fused-ring (bicyclic) bond motifs is 1. The zero-order valence-electron chi connectivity index (χ0n) is 21.8. The lowest BCUT2D eigenvalue weighted by Crippen LogP contribution is -2.42. The highest BCUT2D eigenvalue weighted by atomic mass is 35.5. The Morgan fingerprint density at radius 3 is 2.63 bits per heavy atom. The highest BCUT2D eigenvalue weighted by Gasteiger charge is 2.37. The van der Waals surface area contributed by atoms with Crippen LogP contribution in [0.2, 0.25) is 5.02 Å². The fraction of sp³-hybridized carbons (Fsp3) is 0.448. The summed E-state index contributed by atoms with van der Waals surface area (Å²) >= 11 is 8.19. The van der Waals surface area contributed by atoms with Gasteiger partial charge >= 0.3 is 5.97 Å². The fourth-order valence-electron chi connectivity index (χ4n) is 5.26. The van der Waals surface area contributed by atoms with Crippen LogP contribution in [0.3, 0.4) is 0 Å². The van der Waals surface area contributed by atoms with Crippen molar-refractivity contribution in [3.63, 3.8) is 0 Å². The maximum absolute atomic E-state index is 15.8. The first-order valence-electron chi connectivity index (χ1n) is 12.8. The molecule has 2 heterocycles. The molecule has 1 fully saturated rings. The zero-order chi connectivity index (χ0) is 27.1. The number of thioether (sulfide) groups is 1. The maximum Gasteiger partial charge on any atom is 0.303 e. The highest BCUT2D eigenvalue weighted by Crippen LogP contribution is 2.44. The number of alkyl halides is 1. The molecule has 0 spiro atoms. The van der Waals surface area contributed by atoms with Crippen LogP contribution in [0.25, 0.3) is 10.9 Å². The number of rotatable bonds is 12. The standard InChI is InChI=1S/C29H34ClFN2O4S/c1-36-20-4-3-5-22(16-20)38-15-14-33-12-10-29(11-13-33,18-27(34)35)9-8-25(31)28-23-17-21(37-2)6-7-26(23)32-19-24(28)30/h3-7,16-17,19,25H,8-15,18H2,1-2H3,(H,34,35)/t25-/m0/s1. The molecular formula is C29H34ClFN2O4S. The van der Waals surface area contributed by atoms with E-state index in [1.807, 2.05) is 18.2 Å². The molecule has 3 aromatic rings. The van der Waals surface area contributed by atoms with E-state index in [0.29, 0.717) is 28.6 Å². The van der Waals surface area contributed by atoms with Crippen LogP contribution in [0.5, 0.6) is 11.5 Å². The monoisotopic (exact) mass is 560 g/mol. The lowest BCUT2D eigenvalue weighted by molar-refractivity contribution is -0.141. The van der Waals surface area contributed by atoms with Crippen LogP contribution in [0, 0.1) is 5.41 Å². The Kier molecular flexibility index (Phi) is 9.74. The third-order valence-electron chi connectivity index (χ3n) is 7.47. The molecule has 1 saturated heterocycles. The Morgan fingerprint density at radius 2 is 1.92 bits per heavy atom. The number of hydrogen-bond donors (Lipinski definition) is 1. The Morgan fingerprint density at radius 1 is 1.18 bits per heavy atom. The van der Waals surface area contributed by atoms with E-state index in [9.17, 15) is 9.90 Å². The molecule has 204 valence electrons. The summed E-state index contributed by atoms with van der Waals surface area (Å²) < 4.78 is 26.4. The van der Waals surface area contributed by atoms with Gasteiger partial charge in [0.15, 0.2) is 0 Å². The van der Waals surface area contributed by atoms with E-state index in [2.05, 4.69) is 16.0 Å². The van der Waals surface area contributed by atoms with Gasteiger partial charge in [0.1, 0.15) is 17.7 Å². The van der Waals surface area contributed by atoms with E-state index in [1.54, 1.807) is 44.2 Å². The summed E-state index contributed by atoms with van der Waals surface area (Å²) in [7, 11) is 3.22. The van der Waals surface area contributed by atoms with Gasteiger partial charge in [0.25, 0.3) is 0 Å². The third-order valence-corrected chi connectivity index (χ3v) is 8.75. The van der Waals surface area contributed by atoms with Gasteiger partial charge in [0.05, 0.1) is 31.2 Å². The zero-order valence-corrected chi connectivity index (χ0v) is 23.4. The SMILES string of the molecule is COc1cccc(SCCN2CCC(CC[C@H](F)c3c(Cl)cnc4ccc(OC)cc34)(CC(=O)O)CC2)c1. The first-order chi connectivity index (χ1) is 18.3. The molecule has 0 bridgehead atoms. The van der Waals surface area contributed by atoms with Crippen LogP contribution in [0.4, 0.5) is 4.39 Å². The van der Waals surface area contributed by atoms with Crippen molar-refractivity contribution < 1.29 is 23.8 Å².